The van der Waals surface area contributed by atoms with Gasteiger partial charge in [-0.15, -0.1) is 11.3 Å². The van der Waals surface area contributed by atoms with E-state index in [1.54, 1.807) is 12.1 Å². The third kappa shape index (κ3) is 3.93. The maximum absolute atomic E-state index is 12.0. The molecule has 0 aliphatic carbocycles. The number of nitrogens with two attached hydrogens (primary N) is 1. The second-order valence-corrected chi connectivity index (χ2v) is 6.04. The van der Waals surface area contributed by atoms with Crippen molar-refractivity contribution in [1.29, 1.82) is 0 Å². The van der Waals surface area contributed by atoms with Crippen LogP contribution in [0, 0.1) is 6.92 Å². The van der Waals surface area contributed by atoms with Crippen LogP contribution < -0.4 is 16.6 Å². The number of nitrogens with zero attached hydrogens (tertiary/aromatic N) is 1. The van der Waals surface area contributed by atoms with Crippen molar-refractivity contribution < 1.29 is 4.79 Å². The Bertz CT molecular complexity index is 614. The van der Waals surface area contributed by atoms with Gasteiger partial charge in [-0.3, -0.25) is 4.79 Å². The van der Waals surface area contributed by atoms with Gasteiger partial charge in [0, 0.05) is 22.7 Å². The normalized spacial score (nSPS) is 10.3. The highest BCUT2D eigenvalue weighted by molar-refractivity contribution is 7.16. The number of hydrogen-bond acceptors (Lipinski definition) is 5. The maximum atomic E-state index is 12.0. The van der Waals surface area contributed by atoms with Crippen molar-refractivity contribution in [2.45, 2.75) is 13.3 Å². The number of carbonyl (C=O) groups is 1. The average Bonchev–Trinajstić information content (AvgIpc) is 2.83. The van der Waals surface area contributed by atoms with Crippen LogP contribution in [0.25, 0.3) is 0 Å². The molecule has 4 N–H and O–H groups in total. The predicted molar refractivity (Wildman–Crippen MR) is 82.2 cm³/mol. The zero-order valence-corrected chi connectivity index (χ0v) is 12.5. The molecule has 0 aliphatic heterocycles. The van der Waals surface area contributed by atoms with Crippen molar-refractivity contribution in [3.8, 4) is 0 Å². The molecule has 0 aliphatic rings. The van der Waals surface area contributed by atoms with E-state index in [0.717, 1.165) is 21.3 Å². The summed E-state index contributed by atoms with van der Waals surface area (Å²) in [6.45, 7) is 2.37. The van der Waals surface area contributed by atoms with Gasteiger partial charge in [0.05, 0.1) is 4.34 Å². The predicted octanol–water partition coefficient (Wildman–Crippen LogP) is 2.36. The number of pyridine rings is 1. The fraction of sp³-hybridized carbons (Fsp3) is 0.231. The summed E-state index contributed by atoms with van der Waals surface area (Å²) < 4.78 is 0.759. The van der Waals surface area contributed by atoms with Crippen LogP contribution in [0.5, 0.6) is 0 Å². The highest BCUT2D eigenvalue weighted by Crippen LogP contribution is 2.21. The molecule has 0 aromatic carbocycles. The molecule has 1 amide bonds. The summed E-state index contributed by atoms with van der Waals surface area (Å²) in [6.07, 6.45) is 0.759. The van der Waals surface area contributed by atoms with Crippen LogP contribution in [-0.2, 0) is 6.42 Å². The number of nitrogen functional groups attached to an aromatic ring is 1. The fourth-order valence-corrected chi connectivity index (χ4v) is 2.85. The first kappa shape index (κ1) is 14.8. The first-order valence-corrected chi connectivity index (χ1v) is 7.25. The van der Waals surface area contributed by atoms with Crippen LogP contribution >= 0.6 is 22.9 Å². The molecule has 7 heteroatoms. The number of aryl methyl sites for hydroxylation is 1. The van der Waals surface area contributed by atoms with Gasteiger partial charge in [0.1, 0.15) is 5.82 Å². The van der Waals surface area contributed by atoms with Gasteiger partial charge in [-0.2, -0.15) is 0 Å². The lowest BCUT2D eigenvalue weighted by Crippen LogP contribution is -2.26. The monoisotopic (exact) mass is 310 g/mol. The number of rotatable bonds is 5. The molecule has 0 unspecified atom stereocenters. The summed E-state index contributed by atoms with van der Waals surface area (Å²) in [5.41, 5.74) is 3.71. The van der Waals surface area contributed by atoms with Gasteiger partial charge in [-0.25, -0.2) is 10.8 Å². The van der Waals surface area contributed by atoms with Crippen LogP contribution in [-0.4, -0.2) is 17.4 Å². The number of anilines is 1. The fourth-order valence-electron chi connectivity index (χ4n) is 1.76. The Morgan fingerprint density at radius 3 is 2.90 bits per heavy atom. The van der Waals surface area contributed by atoms with E-state index in [4.69, 9.17) is 17.4 Å². The van der Waals surface area contributed by atoms with Gasteiger partial charge in [0.2, 0.25) is 0 Å². The Hall–Kier alpha value is -1.63. The molecule has 5 nitrogen and oxygen atoms in total. The SMILES string of the molecule is Cc1cc(C(=O)NCCc2ccc(Cl)s2)cc(NN)n1. The van der Waals surface area contributed by atoms with Gasteiger partial charge in [0.15, 0.2) is 0 Å². The van der Waals surface area contributed by atoms with Crippen LogP contribution in [0.15, 0.2) is 24.3 Å². The number of carbonyl (C=O) groups excluding carboxylic acids is 1. The van der Waals surface area contributed by atoms with Crippen molar-refractivity contribution in [2.75, 3.05) is 12.0 Å². The first-order chi connectivity index (χ1) is 9.58. The smallest absolute Gasteiger partial charge is 0.251 e. The standard InChI is InChI=1S/C13H15ClN4OS/c1-8-6-9(7-12(17-8)18-15)13(19)16-5-4-10-2-3-11(14)20-10/h2-3,6-7H,4-5,15H2,1H3,(H,16,19)(H,17,18). The molecule has 0 saturated heterocycles. The van der Waals surface area contributed by atoms with Crippen molar-refractivity contribution >= 4 is 34.7 Å². The van der Waals surface area contributed by atoms with Gasteiger partial charge in [-0.05, 0) is 37.6 Å². The van der Waals surface area contributed by atoms with Gasteiger partial charge in [-0.1, -0.05) is 11.6 Å². The van der Waals surface area contributed by atoms with Gasteiger partial charge in [0.25, 0.3) is 5.91 Å². The van der Waals surface area contributed by atoms with E-state index in [0.29, 0.717) is 17.9 Å². The van der Waals surface area contributed by atoms with E-state index >= 15 is 0 Å². The largest absolute Gasteiger partial charge is 0.352 e. The van der Waals surface area contributed by atoms with Crippen LogP contribution in [0.4, 0.5) is 5.82 Å². The number of hydrogen-bond donors (Lipinski definition) is 3. The van der Waals surface area contributed by atoms with Gasteiger partial charge >= 0.3 is 0 Å². The first-order valence-electron chi connectivity index (χ1n) is 6.06. The van der Waals surface area contributed by atoms with E-state index in [1.807, 2.05) is 19.1 Å². The Labute approximate surface area is 126 Å². The quantitative estimate of drug-likeness (QED) is 0.585. The number of thiophene rings is 1. The van der Waals surface area contributed by atoms with E-state index in [2.05, 4.69) is 15.7 Å². The van der Waals surface area contributed by atoms with E-state index in [1.165, 1.54) is 11.3 Å². The van der Waals surface area contributed by atoms with Crippen LogP contribution in [0.2, 0.25) is 4.34 Å². The van der Waals surface area contributed by atoms with Crippen molar-refractivity contribution in [1.82, 2.24) is 10.3 Å². The summed E-state index contributed by atoms with van der Waals surface area (Å²) in [5.74, 6) is 5.64. The second-order valence-electron chi connectivity index (χ2n) is 4.24. The maximum Gasteiger partial charge on any atom is 0.251 e. The molecule has 0 spiro atoms. The Kier molecular flexibility index (Phi) is 4.94. The Morgan fingerprint density at radius 2 is 2.25 bits per heavy atom. The lowest BCUT2D eigenvalue weighted by Gasteiger charge is -2.07. The molecular formula is C13H15ClN4OS. The second kappa shape index (κ2) is 6.69. The summed E-state index contributed by atoms with van der Waals surface area (Å²) in [7, 11) is 0. The molecule has 0 radical (unpaired) electrons. The van der Waals surface area contributed by atoms with E-state index in [-0.39, 0.29) is 5.91 Å². The topological polar surface area (TPSA) is 80.0 Å². The third-order valence-electron chi connectivity index (χ3n) is 2.65. The molecule has 2 rings (SSSR count). The average molecular weight is 311 g/mol. The minimum absolute atomic E-state index is 0.144. The van der Waals surface area contributed by atoms with Crippen molar-refractivity contribution in [3.05, 3.63) is 44.7 Å². The molecule has 106 valence electrons. The van der Waals surface area contributed by atoms with Crippen molar-refractivity contribution in [3.63, 3.8) is 0 Å². The minimum Gasteiger partial charge on any atom is -0.352 e. The summed E-state index contributed by atoms with van der Waals surface area (Å²) >= 11 is 7.38. The molecule has 0 atom stereocenters. The number of hydrazine groups is 1. The Morgan fingerprint density at radius 1 is 1.45 bits per heavy atom. The molecule has 2 heterocycles. The number of nitrogens with one attached hydrogen (secondary N) is 2. The zero-order chi connectivity index (χ0) is 14.5. The van der Waals surface area contributed by atoms with Crippen LogP contribution in [0.1, 0.15) is 20.9 Å². The van der Waals surface area contributed by atoms with E-state index in [9.17, 15) is 4.79 Å². The third-order valence-corrected chi connectivity index (χ3v) is 3.94. The lowest BCUT2D eigenvalue weighted by molar-refractivity contribution is 0.0954. The molecule has 20 heavy (non-hydrogen) atoms. The molecule has 0 fully saturated rings. The molecular weight excluding hydrogens is 296 g/mol. The number of halogens is 1. The number of aromatic nitrogens is 1. The highest BCUT2D eigenvalue weighted by atomic mass is 35.5. The molecule has 0 saturated carbocycles. The van der Waals surface area contributed by atoms with Crippen molar-refractivity contribution in [2.24, 2.45) is 5.84 Å². The zero-order valence-electron chi connectivity index (χ0n) is 10.9. The summed E-state index contributed by atoms with van der Waals surface area (Å²) in [5, 5.41) is 2.86. The summed E-state index contributed by atoms with van der Waals surface area (Å²) in [6, 6.07) is 7.16. The highest BCUT2D eigenvalue weighted by Gasteiger charge is 2.08. The van der Waals surface area contributed by atoms with Gasteiger partial charge < -0.3 is 10.7 Å². The summed E-state index contributed by atoms with van der Waals surface area (Å²) in [4.78, 5) is 17.3. The lowest BCUT2D eigenvalue weighted by atomic mass is 10.2. The molecule has 2 aromatic rings. The van der Waals surface area contributed by atoms with E-state index < -0.39 is 0 Å². The molecule has 0 bridgehead atoms. The van der Waals surface area contributed by atoms with Crippen LogP contribution in [0.3, 0.4) is 0 Å². The minimum atomic E-state index is -0.144. The Balaban J connectivity index is 1.93. The molecule has 2 aromatic heterocycles. The number of amides is 1.